The van der Waals surface area contributed by atoms with Crippen molar-refractivity contribution in [2.45, 2.75) is 420 Å². The molecule has 0 saturated heterocycles. The number of rotatable bonds is 76. The lowest BCUT2D eigenvalue weighted by Gasteiger charge is -2.21. The summed E-state index contributed by atoms with van der Waals surface area (Å²) in [5.41, 5.74) is 0. The van der Waals surface area contributed by atoms with Gasteiger partial charge in [0.05, 0.1) is 26.4 Å². The first-order valence-electron chi connectivity index (χ1n) is 40.4. The SMILES string of the molecule is CCCCCCCCCCCCCC(=O)O[C@H](COC(=O)CCCCCCCCC(C)C)COP(=O)(O)OC[C@H](O)COP(=O)(O)OC[C@@H](COC(=O)CCCCCCCCCCCCCCC(C)C)OC(=O)CCCCCCCCCCCCCCCCCCCCC(C)CC. The summed E-state index contributed by atoms with van der Waals surface area (Å²) >= 11 is 0. The van der Waals surface area contributed by atoms with Crippen molar-refractivity contribution in [2.24, 2.45) is 17.8 Å². The van der Waals surface area contributed by atoms with Gasteiger partial charge in [0.15, 0.2) is 12.2 Å². The van der Waals surface area contributed by atoms with Crippen LogP contribution in [0, 0.1) is 17.8 Å². The van der Waals surface area contributed by atoms with Gasteiger partial charge in [-0.3, -0.25) is 37.3 Å². The Morgan fingerprint density at radius 3 is 0.784 bits per heavy atom. The smallest absolute Gasteiger partial charge is 0.462 e. The summed E-state index contributed by atoms with van der Waals surface area (Å²) in [4.78, 5) is 72.8. The molecule has 0 radical (unpaired) electrons. The Hall–Kier alpha value is -1.94. The maximum Gasteiger partial charge on any atom is 0.472 e. The maximum atomic E-state index is 13.1. The van der Waals surface area contributed by atoms with E-state index in [2.05, 4.69) is 48.5 Å². The topological polar surface area (TPSA) is 237 Å². The van der Waals surface area contributed by atoms with Crippen molar-refractivity contribution in [3.05, 3.63) is 0 Å². The molecule has 19 heteroatoms. The van der Waals surface area contributed by atoms with Gasteiger partial charge in [0.1, 0.15) is 19.3 Å². The highest BCUT2D eigenvalue weighted by molar-refractivity contribution is 7.47. The van der Waals surface area contributed by atoms with Gasteiger partial charge < -0.3 is 33.8 Å². The predicted octanol–water partition coefficient (Wildman–Crippen LogP) is 23.0. The van der Waals surface area contributed by atoms with Gasteiger partial charge in [-0.25, -0.2) is 9.13 Å². The average Bonchev–Trinajstić information content (AvgIpc) is 1.07. The van der Waals surface area contributed by atoms with E-state index in [1.54, 1.807) is 0 Å². The Balaban J connectivity index is 5.19. The van der Waals surface area contributed by atoms with Crippen molar-refractivity contribution in [1.82, 2.24) is 0 Å². The van der Waals surface area contributed by atoms with Gasteiger partial charge in [0, 0.05) is 25.7 Å². The number of phosphoric ester groups is 2. The molecule has 0 rings (SSSR count). The number of aliphatic hydroxyl groups is 1. The number of unbranched alkanes of at least 4 members (excludes halogenated alkanes) is 43. The van der Waals surface area contributed by atoms with Crippen LogP contribution in [0.1, 0.15) is 402 Å². The highest BCUT2D eigenvalue weighted by atomic mass is 31.2. The Bertz CT molecular complexity index is 1890. The van der Waals surface area contributed by atoms with E-state index in [9.17, 15) is 43.2 Å². The van der Waals surface area contributed by atoms with E-state index in [0.717, 1.165) is 108 Å². The summed E-state index contributed by atoms with van der Waals surface area (Å²) in [5, 5.41) is 10.6. The molecule has 0 saturated carbocycles. The van der Waals surface area contributed by atoms with Crippen LogP contribution in [0.3, 0.4) is 0 Å². The molecule has 3 unspecified atom stereocenters. The number of hydrogen-bond acceptors (Lipinski definition) is 15. The maximum absolute atomic E-state index is 13.1. The fourth-order valence-electron chi connectivity index (χ4n) is 11.9. The highest BCUT2D eigenvalue weighted by Crippen LogP contribution is 2.45. The Morgan fingerprint density at radius 1 is 0.299 bits per heavy atom. The zero-order chi connectivity index (χ0) is 71.6. The third-order valence-corrected chi connectivity index (χ3v) is 20.4. The van der Waals surface area contributed by atoms with Crippen LogP contribution < -0.4 is 0 Å². The average molecular weight is 1420 g/mol. The number of phosphoric acid groups is 2. The number of carbonyl (C=O) groups excluding carboxylic acids is 4. The van der Waals surface area contributed by atoms with E-state index >= 15 is 0 Å². The summed E-state index contributed by atoms with van der Waals surface area (Å²) < 4.78 is 68.5. The van der Waals surface area contributed by atoms with Crippen LogP contribution in [0.2, 0.25) is 0 Å². The number of esters is 4. The second kappa shape index (κ2) is 68.5. The monoisotopic (exact) mass is 1420 g/mol. The minimum Gasteiger partial charge on any atom is -0.462 e. The van der Waals surface area contributed by atoms with Crippen LogP contribution in [-0.2, 0) is 65.4 Å². The van der Waals surface area contributed by atoms with Crippen LogP contribution in [-0.4, -0.2) is 96.7 Å². The van der Waals surface area contributed by atoms with Crippen LogP contribution >= 0.6 is 15.6 Å². The van der Waals surface area contributed by atoms with Crippen LogP contribution in [0.15, 0.2) is 0 Å². The van der Waals surface area contributed by atoms with Crippen molar-refractivity contribution in [1.29, 1.82) is 0 Å². The second-order valence-corrected chi connectivity index (χ2v) is 32.2. The third-order valence-electron chi connectivity index (χ3n) is 18.5. The van der Waals surface area contributed by atoms with Crippen LogP contribution in [0.5, 0.6) is 0 Å². The minimum atomic E-state index is -4.96. The molecule has 17 nitrogen and oxygen atoms in total. The first kappa shape index (κ1) is 95.1. The van der Waals surface area contributed by atoms with E-state index in [1.165, 1.54) is 205 Å². The van der Waals surface area contributed by atoms with Crippen molar-refractivity contribution >= 4 is 39.5 Å². The van der Waals surface area contributed by atoms with Gasteiger partial charge in [-0.05, 0) is 43.4 Å². The zero-order valence-electron chi connectivity index (χ0n) is 63.5. The Labute approximate surface area is 594 Å². The molecular weight excluding hydrogens is 1270 g/mol. The van der Waals surface area contributed by atoms with Gasteiger partial charge in [0.25, 0.3) is 0 Å². The molecule has 0 heterocycles. The molecule has 97 heavy (non-hydrogen) atoms. The molecule has 0 amide bonds. The molecule has 576 valence electrons. The lowest BCUT2D eigenvalue weighted by molar-refractivity contribution is -0.161. The molecule has 0 spiro atoms. The molecular formula is C78H152O17P2. The second-order valence-electron chi connectivity index (χ2n) is 29.3. The summed E-state index contributed by atoms with van der Waals surface area (Å²) in [6, 6.07) is 0. The number of ether oxygens (including phenoxy) is 4. The fourth-order valence-corrected chi connectivity index (χ4v) is 13.5. The van der Waals surface area contributed by atoms with Crippen molar-refractivity contribution < 1.29 is 80.2 Å². The Kier molecular flexibility index (Phi) is 67.1. The number of hydrogen-bond donors (Lipinski definition) is 3. The van der Waals surface area contributed by atoms with Crippen molar-refractivity contribution in [3.63, 3.8) is 0 Å². The molecule has 3 N–H and O–H groups in total. The van der Waals surface area contributed by atoms with E-state index in [4.69, 9.17) is 37.0 Å². The molecule has 0 fully saturated rings. The first-order valence-corrected chi connectivity index (χ1v) is 43.4. The summed E-state index contributed by atoms with van der Waals surface area (Å²) in [6.45, 7) is 11.9. The highest BCUT2D eigenvalue weighted by Gasteiger charge is 2.30. The molecule has 0 aliphatic rings. The van der Waals surface area contributed by atoms with Crippen molar-refractivity contribution in [3.8, 4) is 0 Å². The summed E-state index contributed by atoms with van der Waals surface area (Å²) in [6.07, 6.45) is 55.7. The summed E-state index contributed by atoms with van der Waals surface area (Å²) in [7, 11) is -9.91. The minimum absolute atomic E-state index is 0.106. The molecule has 0 aliphatic heterocycles. The molecule has 6 atom stereocenters. The van der Waals surface area contributed by atoms with E-state index < -0.39 is 97.5 Å². The standard InChI is InChI=1S/C78H152O17P2/c1-8-10-11-12-13-14-25-33-38-47-54-61-77(82)95-74(66-89-76(81)60-53-46-41-40-43-50-57-70(5)6)68-93-97(86,87)91-64-72(79)63-90-96(84,85)92-67-73(65-88-75(80)59-52-45-37-32-28-24-23-26-30-35-42-49-56-69(3)4)94-78(83)62-55-48-39-34-29-22-20-18-16-15-17-19-21-27-31-36-44-51-58-71(7)9-2/h69-74,79H,8-68H2,1-7H3,(H,84,85)(H,86,87)/t71?,72-,73-,74-/m1/s1. The normalized spacial score (nSPS) is 14.3. The predicted molar refractivity (Wildman–Crippen MR) is 395 cm³/mol. The largest absolute Gasteiger partial charge is 0.472 e. The van der Waals surface area contributed by atoms with Crippen LogP contribution in [0.25, 0.3) is 0 Å². The fraction of sp³-hybridized carbons (Fsp3) is 0.949. The van der Waals surface area contributed by atoms with E-state index in [1.807, 2.05) is 0 Å². The first-order chi connectivity index (χ1) is 46.8. The molecule has 0 aromatic carbocycles. The van der Waals surface area contributed by atoms with Gasteiger partial charge in [-0.1, -0.05) is 350 Å². The zero-order valence-corrected chi connectivity index (χ0v) is 65.3. The van der Waals surface area contributed by atoms with Crippen molar-refractivity contribution in [2.75, 3.05) is 39.6 Å². The van der Waals surface area contributed by atoms with Crippen LogP contribution in [0.4, 0.5) is 0 Å². The van der Waals surface area contributed by atoms with Gasteiger partial charge in [-0.2, -0.15) is 0 Å². The van der Waals surface area contributed by atoms with Gasteiger partial charge in [-0.15, -0.1) is 0 Å². The molecule has 0 aromatic rings. The molecule has 0 aromatic heterocycles. The number of carbonyl (C=O) groups is 4. The van der Waals surface area contributed by atoms with Gasteiger partial charge in [0.2, 0.25) is 0 Å². The van der Waals surface area contributed by atoms with E-state index in [0.29, 0.717) is 31.6 Å². The third kappa shape index (κ3) is 70.9. The summed E-state index contributed by atoms with van der Waals surface area (Å²) in [5.74, 6) is 0.215. The Morgan fingerprint density at radius 2 is 0.526 bits per heavy atom. The van der Waals surface area contributed by atoms with Gasteiger partial charge >= 0.3 is 39.5 Å². The quantitative estimate of drug-likeness (QED) is 0.0222. The lowest BCUT2D eigenvalue weighted by atomic mass is 9.99. The van der Waals surface area contributed by atoms with E-state index in [-0.39, 0.29) is 25.7 Å². The lowest BCUT2D eigenvalue weighted by Crippen LogP contribution is -2.30. The molecule has 0 aliphatic carbocycles. The number of aliphatic hydroxyl groups excluding tert-OH is 1. The molecule has 0 bridgehead atoms.